The molecule has 13 aromatic rings. The van der Waals surface area contributed by atoms with Gasteiger partial charge in [-0.25, -0.2) is 0 Å². The number of benzene rings is 12. The Morgan fingerprint density at radius 3 is 1.49 bits per heavy atom. The molecular weight excluding hydrogens is 821 g/mol. The van der Waals surface area contributed by atoms with Gasteiger partial charge in [-0.05, 0) is 169 Å². The first-order valence-electron chi connectivity index (χ1n) is 24.0. The summed E-state index contributed by atoms with van der Waals surface area (Å²) >= 11 is 0. The molecule has 1 heterocycles. The fraction of sp³-hybridized carbons (Fsp3) is 0.0448. The van der Waals surface area contributed by atoms with E-state index in [-0.39, 0.29) is 0 Å². The highest BCUT2D eigenvalue weighted by Crippen LogP contribution is 2.66. The molecule has 314 valence electrons. The van der Waals surface area contributed by atoms with Gasteiger partial charge in [-0.15, -0.1) is 0 Å². The molecule has 0 bridgehead atoms. The van der Waals surface area contributed by atoms with E-state index in [1.165, 1.54) is 143 Å². The number of hydrogen-bond donors (Lipinski definition) is 0. The van der Waals surface area contributed by atoms with Crippen molar-refractivity contribution in [3.8, 4) is 55.6 Å². The van der Waals surface area contributed by atoms with Gasteiger partial charge in [-0.2, -0.15) is 0 Å². The topological polar surface area (TPSA) is 13.1 Å². The number of aryl methyl sites for hydroxylation is 2. The summed E-state index contributed by atoms with van der Waals surface area (Å²) in [6, 6.07) is 82.7. The van der Waals surface area contributed by atoms with Gasteiger partial charge >= 0.3 is 0 Å². The zero-order valence-corrected chi connectivity index (χ0v) is 37.1. The Labute approximate surface area is 393 Å². The second kappa shape index (κ2) is 13.3. The maximum atomic E-state index is 6.59. The van der Waals surface area contributed by atoms with Crippen LogP contribution in [0, 0.1) is 0 Å². The first-order valence-corrected chi connectivity index (χ1v) is 24.0. The zero-order valence-electron chi connectivity index (χ0n) is 37.1. The second-order valence-corrected chi connectivity index (χ2v) is 19.3. The molecule has 16 rings (SSSR count). The van der Waals surface area contributed by atoms with Crippen molar-refractivity contribution in [2.45, 2.75) is 18.3 Å². The van der Waals surface area contributed by atoms with Crippen LogP contribution in [0.15, 0.2) is 223 Å². The van der Waals surface area contributed by atoms with Crippen LogP contribution < -0.4 is 0 Å². The summed E-state index contributed by atoms with van der Waals surface area (Å²) in [6.45, 7) is 0. The van der Waals surface area contributed by atoms with E-state index in [9.17, 15) is 0 Å². The summed E-state index contributed by atoms with van der Waals surface area (Å²) in [6.07, 6.45) is 1.93. The molecule has 3 aliphatic rings. The Hall–Kier alpha value is -8.52. The molecule has 1 heteroatoms. The minimum atomic E-state index is -0.496. The van der Waals surface area contributed by atoms with Crippen molar-refractivity contribution in [1.82, 2.24) is 0 Å². The number of rotatable bonds is 2. The summed E-state index contributed by atoms with van der Waals surface area (Å²) in [5.74, 6) is 1.10. The highest BCUT2D eigenvalue weighted by Gasteiger charge is 2.53. The molecule has 0 unspecified atom stereocenters. The van der Waals surface area contributed by atoms with Crippen molar-refractivity contribution in [2.24, 2.45) is 0 Å². The largest absolute Gasteiger partial charge is 0.460 e. The van der Waals surface area contributed by atoms with Crippen molar-refractivity contribution < 1.29 is 4.42 Å². The van der Waals surface area contributed by atoms with Crippen molar-refractivity contribution >= 4 is 64.8 Å². The predicted molar refractivity (Wildman–Crippen MR) is 284 cm³/mol. The maximum Gasteiger partial charge on any atom is 0.134 e. The van der Waals surface area contributed by atoms with E-state index in [0.717, 1.165) is 24.2 Å². The SMILES string of the molecule is c1ccc2c(c1)CCc1oc3ccc(-c4c5ccccc5c(-c5ccc6c7c(c8ccccc8c6c5)-c5cc6ccccc6cc5C75c6ccccc6-c6ccccc65)c5ccccc45)cc3c1-2. The van der Waals surface area contributed by atoms with E-state index >= 15 is 0 Å². The number of fused-ring (bicyclic) bond motifs is 23. The Morgan fingerprint density at radius 2 is 0.824 bits per heavy atom. The van der Waals surface area contributed by atoms with Crippen LogP contribution in [0.3, 0.4) is 0 Å². The lowest BCUT2D eigenvalue weighted by molar-refractivity contribution is 0.546. The van der Waals surface area contributed by atoms with Crippen LogP contribution in [0.2, 0.25) is 0 Å². The molecule has 0 N–H and O–H groups in total. The molecule has 1 aromatic heterocycles. The standard InChI is InChI=1S/C67H40O/c1-2-17-41-38-59-55(35-40(41)16-1)65-48-22-6-5-19-45(48)54-36-42(29-32-53(54)66(65)67(59)57-27-13-11-20-46(57)47-21-12-14-28-58(47)67)62-49-23-7-9-25-51(49)63(52-26-10-8-24-50(52)62)43-31-33-60-56(37-43)64-44-18-4-3-15-39(44)30-34-61(64)68-60/h1-29,31-33,35-38H,30,34H2. The number of hydrogen-bond acceptors (Lipinski definition) is 1. The van der Waals surface area contributed by atoms with Gasteiger partial charge in [0.1, 0.15) is 11.3 Å². The molecule has 0 amide bonds. The van der Waals surface area contributed by atoms with Gasteiger partial charge in [0.15, 0.2) is 0 Å². The Bertz CT molecular complexity index is 4290. The van der Waals surface area contributed by atoms with E-state index < -0.39 is 5.41 Å². The van der Waals surface area contributed by atoms with E-state index in [1.54, 1.807) is 0 Å². The molecule has 0 aliphatic heterocycles. The van der Waals surface area contributed by atoms with Gasteiger partial charge in [0.2, 0.25) is 0 Å². The van der Waals surface area contributed by atoms with E-state index in [1.807, 2.05) is 0 Å². The summed E-state index contributed by atoms with van der Waals surface area (Å²) in [5, 5.41) is 13.9. The quantitative estimate of drug-likeness (QED) is 0.125. The molecule has 12 aromatic carbocycles. The Balaban J connectivity index is 0.988. The van der Waals surface area contributed by atoms with E-state index in [2.05, 4.69) is 218 Å². The summed E-state index contributed by atoms with van der Waals surface area (Å²) in [4.78, 5) is 0. The molecule has 68 heavy (non-hydrogen) atoms. The molecule has 3 aliphatic carbocycles. The normalized spacial score (nSPS) is 13.9. The molecule has 0 saturated heterocycles. The van der Waals surface area contributed by atoms with Crippen molar-refractivity contribution in [2.75, 3.05) is 0 Å². The molecule has 0 radical (unpaired) electrons. The van der Waals surface area contributed by atoms with Gasteiger partial charge in [0.05, 0.1) is 5.41 Å². The van der Waals surface area contributed by atoms with Crippen LogP contribution in [0.5, 0.6) is 0 Å². The average molecular weight is 861 g/mol. The van der Waals surface area contributed by atoms with E-state index in [4.69, 9.17) is 4.42 Å². The van der Waals surface area contributed by atoms with Crippen molar-refractivity contribution in [1.29, 1.82) is 0 Å². The highest BCUT2D eigenvalue weighted by molar-refractivity contribution is 6.25. The fourth-order valence-electron chi connectivity index (χ4n) is 13.5. The van der Waals surface area contributed by atoms with Gasteiger partial charge in [0, 0.05) is 17.4 Å². The second-order valence-electron chi connectivity index (χ2n) is 19.3. The maximum absolute atomic E-state index is 6.59. The lowest BCUT2D eigenvalue weighted by Crippen LogP contribution is -2.26. The molecule has 0 atom stereocenters. The first-order chi connectivity index (χ1) is 33.7. The predicted octanol–water partition coefficient (Wildman–Crippen LogP) is 17.6. The van der Waals surface area contributed by atoms with Crippen LogP contribution in [-0.2, 0) is 18.3 Å². The first kappa shape index (κ1) is 36.7. The molecule has 0 saturated carbocycles. The van der Waals surface area contributed by atoms with Gasteiger partial charge in [0.25, 0.3) is 0 Å². The fourth-order valence-corrected chi connectivity index (χ4v) is 13.5. The van der Waals surface area contributed by atoms with Crippen LogP contribution in [0.1, 0.15) is 33.6 Å². The van der Waals surface area contributed by atoms with Crippen LogP contribution in [0.25, 0.3) is 120 Å². The minimum absolute atomic E-state index is 0.496. The smallest absolute Gasteiger partial charge is 0.134 e. The monoisotopic (exact) mass is 860 g/mol. The third-order valence-corrected chi connectivity index (χ3v) is 16.1. The van der Waals surface area contributed by atoms with Crippen molar-refractivity contribution in [3.05, 3.63) is 252 Å². The minimum Gasteiger partial charge on any atom is -0.460 e. The lowest BCUT2D eigenvalue weighted by Gasteiger charge is -2.32. The molecule has 0 fully saturated rings. The Morgan fingerprint density at radius 1 is 0.309 bits per heavy atom. The summed E-state index contributed by atoms with van der Waals surface area (Å²) in [7, 11) is 0. The Kier molecular flexibility index (Phi) is 7.18. The van der Waals surface area contributed by atoms with Gasteiger partial charge in [-0.1, -0.05) is 188 Å². The van der Waals surface area contributed by atoms with Gasteiger partial charge < -0.3 is 4.42 Å². The number of furan rings is 1. The van der Waals surface area contributed by atoms with Crippen LogP contribution in [-0.4, -0.2) is 0 Å². The van der Waals surface area contributed by atoms with Gasteiger partial charge in [-0.3, -0.25) is 0 Å². The zero-order chi connectivity index (χ0) is 44.2. The van der Waals surface area contributed by atoms with Crippen LogP contribution >= 0.6 is 0 Å². The average Bonchev–Trinajstić information content (AvgIpc) is 4.03. The third kappa shape index (κ3) is 4.61. The van der Waals surface area contributed by atoms with E-state index in [0.29, 0.717) is 0 Å². The molecule has 1 nitrogen and oxygen atoms in total. The molecular formula is C67H40O. The van der Waals surface area contributed by atoms with Crippen LogP contribution in [0.4, 0.5) is 0 Å². The lowest BCUT2D eigenvalue weighted by atomic mass is 9.69. The van der Waals surface area contributed by atoms with Crippen molar-refractivity contribution in [3.63, 3.8) is 0 Å². The third-order valence-electron chi connectivity index (χ3n) is 16.1. The molecule has 1 spiro atoms. The summed E-state index contributed by atoms with van der Waals surface area (Å²) in [5.41, 5.74) is 20.2. The highest BCUT2D eigenvalue weighted by atomic mass is 16.3. The summed E-state index contributed by atoms with van der Waals surface area (Å²) < 4.78 is 6.59.